The van der Waals surface area contributed by atoms with Gasteiger partial charge in [0.25, 0.3) is 0 Å². The Balaban J connectivity index is 1.82. The van der Waals surface area contributed by atoms with E-state index in [1.165, 1.54) is 0 Å². The minimum atomic E-state index is -0.108. The molecule has 0 aliphatic carbocycles. The van der Waals surface area contributed by atoms with Crippen LogP contribution < -0.4 is 20.1 Å². The maximum Gasteiger partial charge on any atom is 0.238 e. The van der Waals surface area contributed by atoms with Crippen LogP contribution in [0.4, 0.5) is 5.69 Å². The van der Waals surface area contributed by atoms with E-state index in [-0.39, 0.29) is 12.5 Å². The highest BCUT2D eigenvalue weighted by molar-refractivity contribution is 5.92. The fourth-order valence-corrected chi connectivity index (χ4v) is 2.07. The number of rotatable bonds is 7. The Morgan fingerprint density at radius 3 is 2.64 bits per heavy atom. The van der Waals surface area contributed by atoms with Crippen molar-refractivity contribution in [3.05, 3.63) is 54.1 Å². The van der Waals surface area contributed by atoms with Crippen LogP contribution in [-0.2, 0) is 11.3 Å². The monoisotopic (exact) mass is 300 g/mol. The molecule has 0 saturated carbocycles. The van der Waals surface area contributed by atoms with E-state index in [9.17, 15) is 4.79 Å². The quantitative estimate of drug-likeness (QED) is 0.824. The van der Waals surface area contributed by atoms with Crippen LogP contribution in [0.5, 0.6) is 11.5 Å². The van der Waals surface area contributed by atoms with Crippen molar-refractivity contribution >= 4 is 11.6 Å². The van der Waals surface area contributed by atoms with Crippen LogP contribution in [0.25, 0.3) is 0 Å². The van der Waals surface area contributed by atoms with Gasteiger partial charge in [0, 0.05) is 23.9 Å². The SMILES string of the molecule is COc1cccc(NC(=O)CNCc2ccccc2OC)c1. The standard InChI is InChI=1S/C17H20N2O3/c1-21-15-8-5-7-14(10-15)19-17(20)12-18-11-13-6-3-4-9-16(13)22-2/h3-10,18H,11-12H2,1-2H3,(H,19,20). The maximum atomic E-state index is 11.9. The van der Waals surface area contributed by atoms with Crippen molar-refractivity contribution in [2.75, 3.05) is 26.1 Å². The number of para-hydroxylation sites is 1. The van der Waals surface area contributed by atoms with Gasteiger partial charge < -0.3 is 20.1 Å². The van der Waals surface area contributed by atoms with Gasteiger partial charge in [-0.05, 0) is 18.2 Å². The van der Waals surface area contributed by atoms with Gasteiger partial charge in [0.15, 0.2) is 0 Å². The fourth-order valence-electron chi connectivity index (χ4n) is 2.07. The average Bonchev–Trinajstić information content (AvgIpc) is 2.55. The van der Waals surface area contributed by atoms with Gasteiger partial charge in [-0.25, -0.2) is 0 Å². The average molecular weight is 300 g/mol. The number of ether oxygens (including phenoxy) is 2. The van der Waals surface area contributed by atoms with Crippen molar-refractivity contribution in [2.45, 2.75) is 6.54 Å². The molecule has 2 rings (SSSR count). The number of nitrogens with one attached hydrogen (secondary N) is 2. The molecule has 2 aromatic carbocycles. The van der Waals surface area contributed by atoms with Crippen LogP contribution >= 0.6 is 0 Å². The summed E-state index contributed by atoms with van der Waals surface area (Å²) in [6.45, 7) is 0.783. The first-order chi connectivity index (χ1) is 10.7. The minimum Gasteiger partial charge on any atom is -0.497 e. The summed E-state index contributed by atoms with van der Waals surface area (Å²) >= 11 is 0. The maximum absolute atomic E-state index is 11.9. The van der Waals surface area contributed by atoms with Gasteiger partial charge in [0.05, 0.1) is 20.8 Å². The van der Waals surface area contributed by atoms with Gasteiger partial charge in [-0.1, -0.05) is 24.3 Å². The van der Waals surface area contributed by atoms with Crippen LogP contribution in [0.3, 0.4) is 0 Å². The zero-order valence-corrected chi connectivity index (χ0v) is 12.8. The Hall–Kier alpha value is -2.53. The Labute approximate surface area is 130 Å². The third-order valence-electron chi connectivity index (χ3n) is 3.15. The topological polar surface area (TPSA) is 59.6 Å². The number of benzene rings is 2. The van der Waals surface area contributed by atoms with Gasteiger partial charge >= 0.3 is 0 Å². The van der Waals surface area contributed by atoms with E-state index in [0.29, 0.717) is 18.0 Å². The van der Waals surface area contributed by atoms with Gasteiger partial charge in [0.2, 0.25) is 5.91 Å². The molecule has 5 nitrogen and oxygen atoms in total. The third kappa shape index (κ3) is 4.49. The molecule has 0 atom stereocenters. The van der Waals surface area contributed by atoms with E-state index in [2.05, 4.69) is 10.6 Å². The molecule has 2 N–H and O–H groups in total. The number of amides is 1. The Morgan fingerprint density at radius 1 is 1.05 bits per heavy atom. The van der Waals surface area contributed by atoms with Crippen molar-refractivity contribution in [1.29, 1.82) is 0 Å². The van der Waals surface area contributed by atoms with Crippen LogP contribution in [0.2, 0.25) is 0 Å². The van der Waals surface area contributed by atoms with E-state index in [4.69, 9.17) is 9.47 Å². The van der Waals surface area contributed by atoms with Crippen molar-refractivity contribution in [2.24, 2.45) is 0 Å². The Kier molecular flexibility index (Phi) is 5.80. The second-order valence-corrected chi connectivity index (χ2v) is 4.70. The summed E-state index contributed by atoms with van der Waals surface area (Å²) < 4.78 is 10.4. The van der Waals surface area contributed by atoms with Crippen LogP contribution in [0, 0.1) is 0 Å². The Bertz CT molecular complexity index is 629. The lowest BCUT2D eigenvalue weighted by Gasteiger charge is -2.10. The second-order valence-electron chi connectivity index (χ2n) is 4.70. The molecule has 0 aliphatic heterocycles. The first-order valence-electron chi connectivity index (χ1n) is 6.99. The Morgan fingerprint density at radius 2 is 1.86 bits per heavy atom. The molecule has 0 unspecified atom stereocenters. The molecule has 0 heterocycles. The largest absolute Gasteiger partial charge is 0.497 e. The molecule has 0 fully saturated rings. The third-order valence-corrected chi connectivity index (χ3v) is 3.15. The lowest BCUT2D eigenvalue weighted by molar-refractivity contribution is -0.115. The van der Waals surface area contributed by atoms with E-state index in [0.717, 1.165) is 11.3 Å². The summed E-state index contributed by atoms with van der Waals surface area (Å²) in [6.07, 6.45) is 0. The molecule has 0 aromatic heterocycles. The van der Waals surface area contributed by atoms with E-state index < -0.39 is 0 Å². The minimum absolute atomic E-state index is 0.108. The normalized spacial score (nSPS) is 10.1. The lowest BCUT2D eigenvalue weighted by atomic mass is 10.2. The first-order valence-corrected chi connectivity index (χ1v) is 6.99. The highest BCUT2D eigenvalue weighted by atomic mass is 16.5. The van der Waals surface area contributed by atoms with Crippen molar-refractivity contribution in [3.63, 3.8) is 0 Å². The molecular weight excluding hydrogens is 280 g/mol. The van der Waals surface area contributed by atoms with Crippen molar-refractivity contribution in [3.8, 4) is 11.5 Å². The molecular formula is C17H20N2O3. The highest BCUT2D eigenvalue weighted by Crippen LogP contribution is 2.17. The predicted molar refractivity (Wildman–Crippen MR) is 86.3 cm³/mol. The summed E-state index contributed by atoms with van der Waals surface area (Å²) in [5.41, 5.74) is 1.72. The molecule has 0 radical (unpaired) electrons. The van der Waals surface area contributed by atoms with E-state index in [1.807, 2.05) is 42.5 Å². The molecule has 0 spiro atoms. The summed E-state index contributed by atoms with van der Waals surface area (Å²) in [7, 11) is 3.23. The zero-order chi connectivity index (χ0) is 15.8. The van der Waals surface area contributed by atoms with Gasteiger partial charge in [-0.2, -0.15) is 0 Å². The van der Waals surface area contributed by atoms with Crippen molar-refractivity contribution in [1.82, 2.24) is 5.32 Å². The number of hydrogen-bond acceptors (Lipinski definition) is 4. The van der Waals surface area contributed by atoms with Crippen LogP contribution in [0.15, 0.2) is 48.5 Å². The summed E-state index contributed by atoms with van der Waals surface area (Å²) in [4.78, 5) is 11.9. The number of hydrogen-bond donors (Lipinski definition) is 2. The molecule has 0 aliphatic rings. The molecule has 116 valence electrons. The summed E-state index contributed by atoms with van der Waals surface area (Å²) in [5, 5.41) is 5.92. The number of methoxy groups -OCH3 is 2. The molecule has 0 bridgehead atoms. The molecule has 5 heteroatoms. The lowest BCUT2D eigenvalue weighted by Crippen LogP contribution is -2.27. The van der Waals surface area contributed by atoms with Gasteiger partial charge in [0.1, 0.15) is 11.5 Å². The van der Waals surface area contributed by atoms with Crippen molar-refractivity contribution < 1.29 is 14.3 Å². The number of anilines is 1. The van der Waals surface area contributed by atoms with Gasteiger partial charge in [-0.15, -0.1) is 0 Å². The molecule has 2 aromatic rings. The zero-order valence-electron chi connectivity index (χ0n) is 12.8. The van der Waals surface area contributed by atoms with Crippen LogP contribution in [0.1, 0.15) is 5.56 Å². The van der Waals surface area contributed by atoms with E-state index in [1.54, 1.807) is 20.3 Å². The van der Waals surface area contributed by atoms with E-state index >= 15 is 0 Å². The highest BCUT2D eigenvalue weighted by Gasteiger charge is 2.05. The smallest absolute Gasteiger partial charge is 0.238 e. The first kappa shape index (κ1) is 15.9. The fraction of sp³-hybridized carbons (Fsp3) is 0.235. The summed E-state index contributed by atoms with van der Waals surface area (Å²) in [6, 6.07) is 15.0. The number of carbonyl (C=O) groups is 1. The molecule has 1 amide bonds. The summed E-state index contributed by atoms with van der Waals surface area (Å²) in [5.74, 6) is 1.41. The number of carbonyl (C=O) groups excluding carboxylic acids is 1. The predicted octanol–water partition coefficient (Wildman–Crippen LogP) is 2.43. The molecule has 22 heavy (non-hydrogen) atoms. The van der Waals surface area contributed by atoms with Gasteiger partial charge in [-0.3, -0.25) is 4.79 Å². The second kappa shape index (κ2) is 8.05. The molecule has 0 saturated heterocycles. The van der Waals surface area contributed by atoms with Crippen LogP contribution in [-0.4, -0.2) is 26.7 Å².